The maximum absolute atomic E-state index is 13.1. The molecule has 0 unspecified atom stereocenters. The lowest BCUT2D eigenvalue weighted by Crippen LogP contribution is -2.19. The van der Waals surface area contributed by atoms with Gasteiger partial charge in [0.2, 0.25) is 11.8 Å². The Labute approximate surface area is 162 Å². The average Bonchev–Trinajstić information content (AvgIpc) is 3.42. The van der Waals surface area contributed by atoms with Gasteiger partial charge in [0.15, 0.2) is 0 Å². The Morgan fingerprint density at radius 2 is 1.93 bits per heavy atom. The molecule has 27 heavy (non-hydrogen) atoms. The Hall–Kier alpha value is -2.60. The van der Waals surface area contributed by atoms with Crippen LogP contribution in [-0.4, -0.2) is 16.1 Å². The van der Waals surface area contributed by atoms with Crippen LogP contribution in [0.3, 0.4) is 0 Å². The molecule has 1 heterocycles. The maximum Gasteiger partial charge on any atom is 0.277 e. The molecule has 1 aliphatic rings. The van der Waals surface area contributed by atoms with Gasteiger partial charge in [0, 0.05) is 11.6 Å². The lowest BCUT2D eigenvalue weighted by atomic mass is 10.1. The van der Waals surface area contributed by atoms with Crippen molar-refractivity contribution in [2.75, 3.05) is 5.32 Å². The van der Waals surface area contributed by atoms with E-state index in [1.165, 1.54) is 11.8 Å². The third-order valence-electron chi connectivity index (χ3n) is 4.56. The zero-order valence-electron chi connectivity index (χ0n) is 15.3. The van der Waals surface area contributed by atoms with Crippen LogP contribution >= 0.6 is 11.8 Å². The predicted molar refractivity (Wildman–Crippen MR) is 106 cm³/mol. The molecule has 1 atom stereocenters. The highest BCUT2D eigenvalue weighted by molar-refractivity contribution is 8.00. The molecule has 1 aromatic heterocycles. The summed E-state index contributed by atoms with van der Waals surface area (Å²) >= 11 is 1.29. The molecule has 1 amide bonds. The molecule has 138 valence electrons. The second-order valence-corrected chi connectivity index (χ2v) is 7.95. The number of hydrogen-bond acceptors (Lipinski definition) is 5. The Kier molecular flexibility index (Phi) is 4.99. The molecule has 4 rings (SSSR count). The van der Waals surface area contributed by atoms with Gasteiger partial charge < -0.3 is 9.73 Å². The molecule has 1 N–H and O–H groups in total. The fourth-order valence-electron chi connectivity index (χ4n) is 2.83. The summed E-state index contributed by atoms with van der Waals surface area (Å²) < 4.78 is 5.76. The van der Waals surface area contributed by atoms with Crippen molar-refractivity contribution in [3.8, 4) is 0 Å². The first-order valence-corrected chi connectivity index (χ1v) is 9.91. The third kappa shape index (κ3) is 4.22. The van der Waals surface area contributed by atoms with Crippen LogP contribution in [0.2, 0.25) is 0 Å². The van der Waals surface area contributed by atoms with Crippen molar-refractivity contribution in [3.05, 3.63) is 71.1 Å². The quantitative estimate of drug-likeness (QED) is 0.608. The van der Waals surface area contributed by atoms with Crippen LogP contribution < -0.4 is 5.32 Å². The molecule has 1 saturated carbocycles. The molecule has 0 radical (unpaired) electrons. The minimum atomic E-state index is -0.474. The number of nitrogens with one attached hydrogen (secondary N) is 1. The highest BCUT2D eigenvalue weighted by Gasteiger charge is 2.31. The van der Waals surface area contributed by atoms with Gasteiger partial charge in [0.25, 0.3) is 5.22 Å². The van der Waals surface area contributed by atoms with E-state index in [-0.39, 0.29) is 5.91 Å². The van der Waals surface area contributed by atoms with Gasteiger partial charge in [0.1, 0.15) is 5.25 Å². The van der Waals surface area contributed by atoms with Gasteiger partial charge >= 0.3 is 0 Å². The lowest BCUT2D eigenvalue weighted by Gasteiger charge is -2.16. The molecule has 1 fully saturated rings. The first kappa shape index (κ1) is 17.8. The number of aromatic nitrogens is 2. The van der Waals surface area contributed by atoms with E-state index in [0.717, 1.165) is 35.2 Å². The Morgan fingerprint density at radius 3 is 2.67 bits per heavy atom. The van der Waals surface area contributed by atoms with Crippen molar-refractivity contribution < 1.29 is 9.21 Å². The van der Waals surface area contributed by atoms with E-state index in [4.69, 9.17) is 4.42 Å². The summed E-state index contributed by atoms with van der Waals surface area (Å²) in [6, 6.07) is 15.7. The van der Waals surface area contributed by atoms with Crippen LogP contribution in [0, 0.1) is 13.8 Å². The molecular formula is C21H21N3O2S. The second kappa shape index (κ2) is 7.56. The van der Waals surface area contributed by atoms with Crippen molar-refractivity contribution in [1.82, 2.24) is 10.2 Å². The Bertz CT molecular complexity index is 951. The molecule has 6 heteroatoms. The molecular weight excluding hydrogens is 358 g/mol. The van der Waals surface area contributed by atoms with Crippen molar-refractivity contribution >= 4 is 23.4 Å². The maximum atomic E-state index is 13.1. The molecule has 2 aromatic carbocycles. The van der Waals surface area contributed by atoms with E-state index >= 15 is 0 Å². The van der Waals surface area contributed by atoms with Gasteiger partial charge in [-0.1, -0.05) is 42.5 Å². The average molecular weight is 379 g/mol. The molecule has 5 nitrogen and oxygen atoms in total. The zero-order chi connectivity index (χ0) is 18.8. The number of anilines is 1. The summed E-state index contributed by atoms with van der Waals surface area (Å²) in [7, 11) is 0. The standard InChI is InChI=1S/C21H21N3O2S/c1-13-8-9-14(2)17(12-13)22-19(25)18(15-6-4-3-5-7-15)27-21-24-23-20(26-21)16-10-11-16/h3-9,12,16,18H,10-11H2,1-2H3,(H,22,25)/t18-/m0/s1. The van der Waals surface area contributed by atoms with Crippen molar-refractivity contribution in [2.24, 2.45) is 0 Å². The van der Waals surface area contributed by atoms with Crippen LogP contribution in [0.5, 0.6) is 0 Å². The first-order valence-electron chi connectivity index (χ1n) is 9.03. The Morgan fingerprint density at radius 1 is 1.15 bits per heavy atom. The smallest absolute Gasteiger partial charge is 0.277 e. The van der Waals surface area contributed by atoms with Gasteiger partial charge in [-0.3, -0.25) is 4.79 Å². The van der Waals surface area contributed by atoms with Crippen LogP contribution in [0.4, 0.5) is 5.69 Å². The molecule has 0 bridgehead atoms. The monoisotopic (exact) mass is 379 g/mol. The number of nitrogens with zero attached hydrogens (tertiary/aromatic N) is 2. The molecule has 1 aliphatic carbocycles. The van der Waals surface area contributed by atoms with Gasteiger partial charge in [-0.2, -0.15) is 0 Å². The fourth-order valence-corrected chi connectivity index (χ4v) is 3.72. The van der Waals surface area contributed by atoms with Crippen molar-refractivity contribution in [2.45, 2.75) is 43.1 Å². The van der Waals surface area contributed by atoms with Gasteiger partial charge in [0.05, 0.1) is 0 Å². The minimum absolute atomic E-state index is 0.105. The number of hydrogen-bond donors (Lipinski definition) is 1. The van der Waals surface area contributed by atoms with Gasteiger partial charge in [-0.05, 0) is 61.2 Å². The highest BCUT2D eigenvalue weighted by atomic mass is 32.2. The first-order chi connectivity index (χ1) is 13.1. The normalized spacial score (nSPS) is 14.7. The number of aryl methyl sites for hydroxylation is 2. The summed E-state index contributed by atoms with van der Waals surface area (Å²) in [5, 5.41) is 11.3. The fraction of sp³-hybridized carbons (Fsp3) is 0.286. The SMILES string of the molecule is Cc1ccc(C)c(NC(=O)[C@@H](Sc2nnc(C3CC3)o2)c2ccccc2)c1. The van der Waals surface area contributed by atoms with Crippen molar-refractivity contribution in [1.29, 1.82) is 0 Å². The largest absolute Gasteiger partial charge is 0.416 e. The lowest BCUT2D eigenvalue weighted by molar-refractivity contribution is -0.115. The van der Waals surface area contributed by atoms with E-state index in [1.54, 1.807) is 0 Å². The Balaban J connectivity index is 1.58. The van der Waals surface area contributed by atoms with Crippen LogP contribution in [0.1, 0.15) is 46.6 Å². The van der Waals surface area contributed by atoms with Crippen LogP contribution in [-0.2, 0) is 4.79 Å². The number of rotatable bonds is 6. The van der Waals surface area contributed by atoms with E-state index in [1.807, 2.05) is 62.4 Å². The van der Waals surface area contributed by atoms with E-state index in [0.29, 0.717) is 17.0 Å². The highest BCUT2D eigenvalue weighted by Crippen LogP contribution is 2.42. The molecule has 0 saturated heterocycles. The number of thioether (sulfide) groups is 1. The second-order valence-electron chi connectivity index (χ2n) is 6.90. The van der Waals surface area contributed by atoms with Crippen LogP contribution in [0.15, 0.2) is 58.2 Å². The molecule has 3 aromatic rings. The summed E-state index contributed by atoms with van der Waals surface area (Å²) in [6.45, 7) is 4.00. The number of carbonyl (C=O) groups is 1. The van der Waals surface area contributed by atoms with E-state index < -0.39 is 5.25 Å². The van der Waals surface area contributed by atoms with E-state index in [9.17, 15) is 4.79 Å². The van der Waals surface area contributed by atoms with E-state index in [2.05, 4.69) is 15.5 Å². The van der Waals surface area contributed by atoms with Gasteiger partial charge in [-0.15, -0.1) is 10.2 Å². The molecule has 0 spiro atoms. The van der Waals surface area contributed by atoms with Crippen molar-refractivity contribution in [3.63, 3.8) is 0 Å². The summed E-state index contributed by atoms with van der Waals surface area (Å²) in [5.41, 5.74) is 3.85. The predicted octanol–water partition coefficient (Wildman–Crippen LogP) is 5.04. The molecule has 0 aliphatic heterocycles. The van der Waals surface area contributed by atoms with Crippen LogP contribution in [0.25, 0.3) is 0 Å². The minimum Gasteiger partial charge on any atom is -0.416 e. The number of carbonyl (C=O) groups excluding carboxylic acids is 1. The number of amides is 1. The summed E-state index contributed by atoms with van der Waals surface area (Å²) in [4.78, 5) is 13.1. The summed E-state index contributed by atoms with van der Waals surface area (Å²) in [5.74, 6) is 0.969. The van der Waals surface area contributed by atoms with Gasteiger partial charge in [-0.25, -0.2) is 0 Å². The third-order valence-corrected chi connectivity index (χ3v) is 5.65. The summed E-state index contributed by atoms with van der Waals surface area (Å²) in [6.07, 6.45) is 2.20. The topological polar surface area (TPSA) is 68.0 Å². The number of benzene rings is 2. The zero-order valence-corrected chi connectivity index (χ0v) is 16.1.